The number of hydrogen-bond acceptors (Lipinski definition) is 5. The molecule has 0 amide bonds. The van der Waals surface area contributed by atoms with Crippen LogP contribution in [0, 0.1) is 35.0 Å². The minimum absolute atomic E-state index is 0.0461. The Balaban J connectivity index is 1.51. The summed E-state index contributed by atoms with van der Waals surface area (Å²) in [6.45, 7) is 2.43. The van der Waals surface area contributed by atoms with Gasteiger partial charge < -0.3 is 15.1 Å². The summed E-state index contributed by atoms with van der Waals surface area (Å²) in [4.78, 5) is 12.0. The van der Waals surface area contributed by atoms with Crippen LogP contribution in [0.25, 0.3) is 0 Å². The molecule has 3 saturated carbocycles. The number of hydrogen-bond donors (Lipinski definition) is 2. The van der Waals surface area contributed by atoms with Gasteiger partial charge in [-0.25, -0.2) is 4.79 Å². The van der Waals surface area contributed by atoms with Crippen LogP contribution >= 0.6 is 0 Å². The van der Waals surface area contributed by atoms with E-state index >= 15 is 0 Å². The van der Waals surface area contributed by atoms with Crippen molar-refractivity contribution in [3.8, 4) is 0 Å². The van der Waals surface area contributed by atoms with Crippen LogP contribution in [0.15, 0.2) is 29.0 Å². The summed E-state index contributed by atoms with van der Waals surface area (Å²) >= 11 is 0. The van der Waals surface area contributed by atoms with Crippen LogP contribution in [0.5, 0.6) is 0 Å². The Morgan fingerprint density at radius 1 is 1.25 bits per heavy atom. The molecule has 1 heterocycles. The van der Waals surface area contributed by atoms with Gasteiger partial charge in [-0.2, -0.15) is 0 Å². The lowest BCUT2D eigenvalue weighted by Gasteiger charge is -2.57. The molecule has 7 atom stereocenters. The van der Waals surface area contributed by atoms with Crippen molar-refractivity contribution in [3.63, 3.8) is 0 Å². The number of carbonyl (C=O) groups is 1. The number of nitrogens with zero attached hydrogens (tertiary/aromatic N) is 1. The number of aliphatic hydroxyl groups is 1. The van der Waals surface area contributed by atoms with Crippen molar-refractivity contribution in [3.05, 3.63) is 23.8 Å². The molecule has 4 aliphatic carbocycles. The maximum atomic E-state index is 12.0. The average molecular weight is 386 g/mol. The third kappa shape index (κ3) is 2.28. The molecule has 1 spiro atoms. The normalized spacial score (nSPS) is 48.2. The quantitative estimate of drug-likeness (QED) is 0.430. The summed E-state index contributed by atoms with van der Waals surface area (Å²) in [5.41, 5.74) is 1.71. The number of rotatable bonds is 2. The number of esters is 1. The number of aliphatic hydroxyl groups excluding tert-OH is 1. The van der Waals surface area contributed by atoms with Gasteiger partial charge in [0.2, 0.25) is 0 Å². The highest BCUT2D eigenvalue weighted by Gasteiger charge is 2.66. The molecule has 0 radical (unpaired) electrons. The van der Waals surface area contributed by atoms with Crippen LogP contribution < -0.4 is 0 Å². The second-order valence-corrected chi connectivity index (χ2v) is 9.66. The van der Waals surface area contributed by atoms with E-state index in [0.717, 1.165) is 57.1 Å². The lowest BCUT2D eigenvalue weighted by molar-refractivity contribution is -0.165. The third-order valence-electron chi connectivity index (χ3n) is 9.14. The second kappa shape index (κ2) is 6.45. The molecule has 3 fully saturated rings. The molecule has 28 heavy (non-hydrogen) atoms. The van der Waals surface area contributed by atoms with Crippen LogP contribution in [0.2, 0.25) is 0 Å². The molecule has 2 N–H and O–H groups in total. The first-order valence-electron chi connectivity index (χ1n) is 11.0. The van der Waals surface area contributed by atoms with E-state index in [0.29, 0.717) is 23.7 Å². The van der Waals surface area contributed by atoms with Crippen LogP contribution in [-0.4, -0.2) is 34.2 Å². The molecule has 0 bridgehead atoms. The summed E-state index contributed by atoms with van der Waals surface area (Å²) in [5, 5.41) is 22.8. The van der Waals surface area contributed by atoms with Gasteiger partial charge in [0, 0.05) is 24.0 Å². The topological polar surface area (TPSA) is 79.1 Å². The molecule has 5 aliphatic rings. The smallest absolute Gasteiger partial charge is 0.331 e. The first kappa shape index (κ1) is 18.4. The van der Waals surface area contributed by atoms with Gasteiger partial charge in [-0.1, -0.05) is 17.7 Å². The van der Waals surface area contributed by atoms with Gasteiger partial charge in [0.15, 0.2) is 0 Å². The summed E-state index contributed by atoms with van der Waals surface area (Å²) in [5.74, 6) is 2.24. The second-order valence-electron chi connectivity index (χ2n) is 9.66. The molecular weight excluding hydrogens is 354 g/mol. The highest BCUT2D eigenvalue weighted by atomic mass is 16.6. The van der Waals surface area contributed by atoms with E-state index in [2.05, 4.69) is 24.2 Å². The third-order valence-corrected chi connectivity index (χ3v) is 9.14. The molecule has 0 aromatic heterocycles. The number of allylic oxidation sites excluding steroid dienone is 1. The van der Waals surface area contributed by atoms with Crippen LogP contribution in [0.1, 0.15) is 58.3 Å². The summed E-state index contributed by atoms with van der Waals surface area (Å²) in [6, 6.07) is 0. The van der Waals surface area contributed by atoms with Crippen molar-refractivity contribution < 1.29 is 19.8 Å². The predicted octanol–water partition coefficient (Wildman–Crippen LogP) is 3.85. The molecule has 0 saturated heterocycles. The van der Waals surface area contributed by atoms with Crippen LogP contribution in [-0.2, 0) is 9.53 Å². The Kier molecular flexibility index (Phi) is 4.24. The number of oxime groups is 1. The standard InChI is InChI=1S/C23H31NO4/c1-2-22-8-5-17-16-4-3-15(24-27)12-18(16)14(13-25)11-19(17)20(22)6-9-23(22)10-7-21(26)28-23/h7,10,12,14,16-17,19-20,25,27H,2-6,8-9,11,13H2,1H3/b24-15-/t14?,16-,17?,19?,20?,22+,23-/m1/s1. The predicted molar refractivity (Wildman–Crippen MR) is 105 cm³/mol. The highest BCUT2D eigenvalue weighted by Crippen LogP contribution is 2.68. The van der Waals surface area contributed by atoms with Gasteiger partial charge >= 0.3 is 5.97 Å². The lowest BCUT2D eigenvalue weighted by atomic mass is 9.48. The highest BCUT2D eigenvalue weighted by molar-refractivity contribution is 5.96. The van der Waals surface area contributed by atoms with E-state index in [-0.39, 0.29) is 23.9 Å². The monoisotopic (exact) mass is 385 g/mol. The maximum Gasteiger partial charge on any atom is 0.331 e. The van der Waals surface area contributed by atoms with Crippen LogP contribution in [0.3, 0.4) is 0 Å². The Labute approximate surface area is 166 Å². The van der Waals surface area contributed by atoms with Crippen molar-refractivity contribution in [1.82, 2.24) is 0 Å². The van der Waals surface area contributed by atoms with Crippen molar-refractivity contribution in [1.29, 1.82) is 0 Å². The van der Waals surface area contributed by atoms with E-state index in [1.165, 1.54) is 5.57 Å². The van der Waals surface area contributed by atoms with Gasteiger partial charge in [-0.3, -0.25) is 0 Å². The molecule has 4 unspecified atom stereocenters. The molecule has 152 valence electrons. The molecule has 0 aromatic carbocycles. The minimum Gasteiger partial charge on any atom is -0.451 e. The maximum absolute atomic E-state index is 12.0. The molecule has 1 aliphatic heterocycles. The van der Waals surface area contributed by atoms with Gasteiger partial charge in [-0.05, 0) is 87.2 Å². The number of ether oxygens (including phenoxy) is 1. The number of fused-ring (bicyclic) bond motifs is 6. The van der Waals surface area contributed by atoms with Crippen molar-refractivity contribution >= 4 is 11.7 Å². The van der Waals surface area contributed by atoms with E-state index in [9.17, 15) is 15.1 Å². The van der Waals surface area contributed by atoms with E-state index < -0.39 is 5.60 Å². The van der Waals surface area contributed by atoms with E-state index in [1.54, 1.807) is 6.08 Å². The zero-order valence-electron chi connectivity index (χ0n) is 16.6. The van der Waals surface area contributed by atoms with Gasteiger partial charge in [0.05, 0.1) is 5.71 Å². The number of carbonyl (C=O) groups excluding carboxylic acids is 1. The first-order valence-corrected chi connectivity index (χ1v) is 11.0. The fourth-order valence-electron chi connectivity index (χ4n) is 8.04. The zero-order valence-corrected chi connectivity index (χ0v) is 16.6. The van der Waals surface area contributed by atoms with Crippen molar-refractivity contribution in [2.24, 2.45) is 40.2 Å². The summed E-state index contributed by atoms with van der Waals surface area (Å²) in [7, 11) is 0. The minimum atomic E-state index is -0.400. The fourth-order valence-corrected chi connectivity index (χ4v) is 8.04. The Morgan fingerprint density at radius 3 is 2.79 bits per heavy atom. The largest absolute Gasteiger partial charge is 0.451 e. The molecule has 5 rings (SSSR count). The molecule has 0 aromatic rings. The summed E-state index contributed by atoms with van der Waals surface area (Å²) < 4.78 is 5.99. The molecular formula is C23H31NO4. The van der Waals surface area contributed by atoms with Crippen molar-refractivity contribution in [2.45, 2.75) is 63.9 Å². The lowest BCUT2D eigenvalue weighted by Crippen LogP contribution is -2.54. The van der Waals surface area contributed by atoms with E-state index in [1.807, 2.05) is 0 Å². The van der Waals surface area contributed by atoms with Crippen molar-refractivity contribution in [2.75, 3.05) is 6.61 Å². The van der Waals surface area contributed by atoms with Gasteiger partial charge in [0.1, 0.15) is 5.60 Å². The molecule has 5 heteroatoms. The average Bonchev–Trinajstić information content (AvgIpc) is 3.27. The van der Waals surface area contributed by atoms with E-state index in [4.69, 9.17) is 4.74 Å². The SMILES string of the molecule is CC[C@]12CCC3C(CC(CO)C4=C/C(=N\O)CC[C@@H]43)C1CC[C@@]21C=CC(=O)O1. The first-order chi connectivity index (χ1) is 13.6. The summed E-state index contributed by atoms with van der Waals surface area (Å²) in [6.07, 6.45) is 14.0. The molecule has 5 nitrogen and oxygen atoms in total. The Hall–Kier alpha value is -1.62. The van der Waals surface area contributed by atoms with Gasteiger partial charge in [-0.15, -0.1) is 0 Å². The zero-order chi connectivity index (χ0) is 19.5. The Bertz CT molecular complexity index is 771. The fraction of sp³-hybridized carbons (Fsp3) is 0.739. The van der Waals surface area contributed by atoms with Gasteiger partial charge in [0.25, 0.3) is 0 Å². The van der Waals surface area contributed by atoms with Crippen LogP contribution in [0.4, 0.5) is 0 Å². The Morgan fingerprint density at radius 2 is 2.11 bits per heavy atom.